The van der Waals surface area contributed by atoms with Crippen molar-refractivity contribution in [3.05, 3.63) is 59.4 Å². The van der Waals surface area contributed by atoms with Crippen LogP contribution < -0.4 is 0 Å². The van der Waals surface area contributed by atoms with E-state index in [2.05, 4.69) is 13.8 Å². The number of halogens is 1. The molecule has 2 aromatic carbocycles. The van der Waals surface area contributed by atoms with Crippen LogP contribution in [0.2, 0.25) is 0 Å². The van der Waals surface area contributed by atoms with Gasteiger partial charge in [0.15, 0.2) is 0 Å². The van der Waals surface area contributed by atoms with E-state index in [1.807, 2.05) is 24.3 Å². The Hall–Kier alpha value is -2.16. The molecule has 0 aromatic heterocycles. The number of rotatable bonds is 4. The van der Waals surface area contributed by atoms with Crippen LogP contribution in [0.15, 0.2) is 42.5 Å². The molecule has 20 heavy (non-hydrogen) atoms. The molecule has 1 N–H and O–H groups in total. The van der Waals surface area contributed by atoms with Crippen molar-refractivity contribution in [3.63, 3.8) is 0 Å². The molecule has 0 aliphatic heterocycles. The average Bonchev–Trinajstić information content (AvgIpc) is 2.37. The summed E-state index contributed by atoms with van der Waals surface area (Å²) >= 11 is 0. The Bertz CT molecular complexity index is 633. The summed E-state index contributed by atoms with van der Waals surface area (Å²) in [6, 6.07) is 12.0. The Kier molecular flexibility index (Phi) is 4.18. The van der Waals surface area contributed by atoms with Crippen molar-refractivity contribution in [2.75, 3.05) is 0 Å². The highest BCUT2D eigenvalue weighted by atomic mass is 19.1. The maximum absolute atomic E-state index is 13.7. The number of aromatic carboxylic acids is 1. The highest BCUT2D eigenvalue weighted by Crippen LogP contribution is 2.27. The summed E-state index contributed by atoms with van der Waals surface area (Å²) in [4.78, 5) is 11.2. The topological polar surface area (TPSA) is 37.3 Å². The minimum atomic E-state index is -1.24. The van der Waals surface area contributed by atoms with E-state index in [0.717, 1.165) is 17.5 Å². The average molecular weight is 272 g/mol. The van der Waals surface area contributed by atoms with Crippen LogP contribution in [-0.4, -0.2) is 11.1 Å². The maximum Gasteiger partial charge on any atom is 0.339 e. The molecule has 2 nitrogen and oxygen atoms in total. The summed E-state index contributed by atoms with van der Waals surface area (Å²) in [5.41, 5.74) is 2.01. The van der Waals surface area contributed by atoms with Crippen molar-refractivity contribution in [2.24, 2.45) is 5.92 Å². The van der Waals surface area contributed by atoms with Crippen molar-refractivity contribution in [3.8, 4) is 11.1 Å². The molecule has 0 saturated heterocycles. The van der Waals surface area contributed by atoms with Crippen molar-refractivity contribution >= 4 is 5.97 Å². The number of carboxylic acids is 1. The maximum atomic E-state index is 13.7. The van der Waals surface area contributed by atoms with E-state index >= 15 is 0 Å². The Labute approximate surface area is 117 Å². The minimum Gasteiger partial charge on any atom is -0.478 e. The summed E-state index contributed by atoms with van der Waals surface area (Å²) in [7, 11) is 0. The van der Waals surface area contributed by atoms with E-state index in [-0.39, 0.29) is 5.56 Å². The Balaban J connectivity index is 2.52. The third kappa shape index (κ3) is 3.05. The summed E-state index contributed by atoms with van der Waals surface area (Å²) in [5, 5.41) is 9.18. The van der Waals surface area contributed by atoms with Crippen LogP contribution in [-0.2, 0) is 6.42 Å². The molecule has 0 saturated carbocycles. The molecular weight excluding hydrogens is 255 g/mol. The molecule has 0 bridgehead atoms. The van der Waals surface area contributed by atoms with E-state index < -0.39 is 11.8 Å². The van der Waals surface area contributed by atoms with Gasteiger partial charge in [-0.3, -0.25) is 0 Å². The highest BCUT2D eigenvalue weighted by molar-refractivity contribution is 5.96. The fourth-order valence-electron chi connectivity index (χ4n) is 2.32. The summed E-state index contributed by atoms with van der Waals surface area (Å²) < 4.78 is 13.7. The Morgan fingerprint density at radius 2 is 1.90 bits per heavy atom. The first-order valence-electron chi connectivity index (χ1n) is 6.60. The van der Waals surface area contributed by atoms with Crippen molar-refractivity contribution in [1.29, 1.82) is 0 Å². The molecule has 0 aliphatic carbocycles. The molecular formula is C17H17FO2. The fraction of sp³-hybridized carbons (Fsp3) is 0.235. The lowest BCUT2D eigenvalue weighted by atomic mass is 9.95. The van der Waals surface area contributed by atoms with Gasteiger partial charge in [0.25, 0.3) is 0 Å². The lowest BCUT2D eigenvalue weighted by Crippen LogP contribution is -2.03. The zero-order valence-electron chi connectivity index (χ0n) is 11.6. The van der Waals surface area contributed by atoms with Gasteiger partial charge in [-0.1, -0.05) is 50.2 Å². The number of benzene rings is 2. The smallest absolute Gasteiger partial charge is 0.339 e. The molecule has 104 valence electrons. The van der Waals surface area contributed by atoms with E-state index in [1.54, 1.807) is 6.07 Å². The van der Waals surface area contributed by atoms with Gasteiger partial charge in [-0.15, -0.1) is 0 Å². The van der Waals surface area contributed by atoms with Gasteiger partial charge >= 0.3 is 5.97 Å². The fourth-order valence-corrected chi connectivity index (χ4v) is 2.32. The zero-order chi connectivity index (χ0) is 14.7. The van der Waals surface area contributed by atoms with Crippen LogP contribution in [0.25, 0.3) is 11.1 Å². The third-order valence-electron chi connectivity index (χ3n) is 3.11. The van der Waals surface area contributed by atoms with Gasteiger partial charge in [0.1, 0.15) is 11.4 Å². The Morgan fingerprint density at radius 1 is 1.20 bits per heavy atom. The van der Waals surface area contributed by atoms with Gasteiger partial charge in [0, 0.05) is 0 Å². The van der Waals surface area contributed by atoms with Crippen molar-refractivity contribution in [1.82, 2.24) is 0 Å². The van der Waals surface area contributed by atoms with E-state index in [0.29, 0.717) is 11.5 Å². The highest BCUT2D eigenvalue weighted by Gasteiger charge is 2.16. The molecule has 0 radical (unpaired) electrons. The molecule has 0 amide bonds. The van der Waals surface area contributed by atoms with Crippen LogP contribution in [0.1, 0.15) is 29.8 Å². The molecule has 0 unspecified atom stereocenters. The number of hydrogen-bond acceptors (Lipinski definition) is 1. The molecule has 0 fully saturated rings. The van der Waals surface area contributed by atoms with E-state index in [1.165, 1.54) is 12.1 Å². The van der Waals surface area contributed by atoms with Crippen molar-refractivity contribution < 1.29 is 14.3 Å². The lowest BCUT2D eigenvalue weighted by molar-refractivity contribution is 0.0693. The van der Waals surface area contributed by atoms with E-state index in [9.17, 15) is 14.3 Å². The minimum absolute atomic E-state index is 0.269. The standard InChI is InChI=1S/C17H17FO2/c1-11(2)9-12-5-3-6-13(10-12)14-7-4-8-15(18)16(14)17(19)20/h3-8,10-11H,9H2,1-2H3,(H,19,20). The van der Waals surface area contributed by atoms with E-state index in [4.69, 9.17) is 0 Å². The normalized spacial score (nSPS) is 10.8. The predicted molar refractivity (Wildman–Crippen MR) is 77.3 cm³/mol. The second kappa shape index (κ2) is 5.87. The summed E-state index contributed by atoms with van der Waals surface area (Å²) in [6.45, 7) is 4.25. The Morgan fingerprint density at radius 3 is 2.55 bits per heavy atom. The number of hydrogen-bond donors (Lipinski definition) is 1. The molecule has 0 heterocycles. The van der Waals surface area contributed by atoms with Crippen LogP contribution in [0.4, 0.5) is 4.39 Å². The van der Waals surface area contributed by atoms with Gasteiger partial charge in [-0.2, -0.15) is 0 Å². The molecule has 3 heteroatoms. The van der Waals surface area contributed by atoms with Crippen LogP contribution in [0.3, 0.4) is 0 Å². The van der Waals surface area contributed by atoms with Gasteiger partial charge in [0.2, 0.25) is 0 Å². The number of carbonyl (C=O) groups is 1. The summed E-state index contributed by atoms with van der Waals surface area (Å²) in [6.07, 6.45) is 0.908. The number of carboxylic acid groups (broad SMARTS) is 1. The molecule has 0 spiro atoms. The largest absolute Gasteiger partial charge is 0.478 e. The third-order valence-corrected chi connectivity index (χ3v) is 3.11. The molecule has 0 aliphatic rings. The first-order valence-corrected chi connectivity index (χ1v) is 6.60. The van der Waals surface area contributed by atoms with Crippen molar-refractivity contribution in [2.45, 2.75) is 20.3 Å². The SMILES string of the molecule is CC(C)Cc1cccc(-c2cccc(F)c2C(=O)O)c1. The lowest BCUT2D eigenvalue weighted by Gasteiger charge is -2.10. The first-order chi connectivity index (χ1) is 9.49. The zero-order valence-corrected chi connectivity index (χ0v) is 11.6. The van der Waals surface area contributed by atoms with Gasteiger partial charge in [0.05, 0.1) is 0 Å². The molecule has 2 rings (SSSR count). The summed E-state index contributed by atoms with van der Waals surface area (Å²) in [5.74, 6) is -1.44. The quantitative estimate of drug-likeness (QED) is 0.896. The van der Waals surface area contributed by atoms with Crippen LogP contribution in [0.5, 0.6) is 0 Å². The van der Waals surface area contributed by atoms with Gasteiger partial charge in [-0.05, 0) is 35.1 Å². The molecule has 2 aromatic rings. The second-order valence-corrected chi connectivity index (χ2v) is 5.27. The second-order valence-electron chi connectivity index (χ2n) is 5.27. The monoisotopic (exact) mass is 272 g/mol. The van der Waals surface area contributed by atoms with Crippen LogP contribution in [0, 0.1) is 11.7 Å². The van der Waals surface area contributed by atoms with Gasteiger partial charge < -0.3 is 5.11 Å². The first kappa shape index (κ1) is 14.3. The van der Waals surface area contributed by atoms with Crippen LogP contribution >= 0.6 is 0 Å². The van der Waals surface area contributed by atoms with Gasteiger partial charge in [-0.25, -0.2) is 9.18 Å². The predicted octanol–water partition coefficient (Wildman–Crippen LogP) is 4.39. The molecule has 0 atom stereocenters.